The Balaban J connectivity index is 1.59. The molecule has 2 heterocycles. The van der Waals surface area contributed by atoms with E-state index in [0.717, 1.165) is 24.3 Å². The molecule has 1 aliphatic carbocycles. The molecule has 0 bridgehead atoms. The van der Waals surface area contributed by atoms with Gasteiger partial charge >= 0.3 is 0 Å². The van der Waals surface area contributed by atoms with Gasteiger partial charge in [-0.15, -0.1) is 10.2 Å². The summed E-state index contributed by atoms with van der Waals surface area (Å²) in [4.78, 5) is 16.7. The van der Waals surface area contributed by atoms with Gasteiger partial charge in [0, 0.05) is 24.9 Å². The van der Waals surface area contributed by atoms with E-state index >= 15 is 0 Å². The van der Waals surface area contributed by atoms with Crippen molar-refractivity contribution in [1.29, 1.82) is 0 Å². The molecule has 3 rings (SSSR count). The van der Waals surface area contributed by atoms with E-state index in [4.69, 9.17) is 4.42 Å². The molecule has 7 heteroatoms. The molecule has 0 spiro atoms. The van der Waals surface area contributed by atoms with Crippen molar-refractivity contribution in [3.05, 3.63) is 36.0 Å². The molecule has 2 aromatic rings. The van der Waals surface area contributed by atoms with E-state index in [9.17, 15) is 4.79 Å². The molecular weight excluding hydrogens is 348 g/mol. The van der Waals surface area contributed by atoms with Crippen molar-refractivity contribution in [2.45, 2.75) is 68.9 Å². The number of pyridine rings is 1. The fourth-order valence-corrected chi connectivity index (χ4v) is 4.08. The smallest absolute Gasteiger partial charge is 0.277 e. The summed E-state index contributed by atoms with van der Waals surface area (Å²) >= 11 is 1.36. The molecule has 0 aromatic carbocycles. The van der Waals surface area contributed by atoms with Crippen LogP contribution < -0.4 is 5.32 Å². The van der Waals surface area contributed by atoms with Gasteiger partial charge in [-0.05, 0) is 30.4 Å². The molecule has 1 saturated carbocycles. The number of hydrogen-bond acceptors (Lipinski definition) is 6. The SMILES string of the molecule is CC(C)[C@@H](Sc1nnc(C2CCCCC2)o1)C(=O)NCc1cccnc1. The Hall–Kier alpha value is -1.89. The number of aromatic nitrogens is 3. The average Bonchev–Trinajstić information content (AvgIpc) is 3.14. The molecule has 1 fully saturated rings. The lowest BCUT2D eigenvalue weighted by Gasteiger charge is -2.18. The van der Waals surface area contributed by atoms with Crippen LogP contribution in [0.4, 0.5) is 0 Å². The van der Waals surface area contributed by atoms with Crippen LogP contribution in [0.15, 0.2) is 34.2 Å². The predicted octanol–water partition coefficient (Wildman–Crippen LogP) is 3.95. The number of carbonyl (C=O) groups excluding carboxylic acids is 1. The molecule has 0 saturated heterocycles. The molecule has 26 heavy (non-hydrogen) atoms. The van der Waals surface area contributed by atoms with Crippen LogP contribution in [0.2, 0.25) is 0 Å². The van der Waals surface area contributed by atoms with Crippen molar-refractivity contribution in [1.82, 2.24) is 20.5 Å². The number of rotatable bonds is 7. The van der Waals surface area contributed by atoms with E-state index in [0.29, 0.717) is 17.7 Å². The number of carbonyl (C=O) groups is 1. The van der Waals surface area contributed by atoms with Crippen LogP contribution in [0.1, 0.15) is 63.3 Å². The quantitative estimate of drug-likeness (QED) is 0.739. The number of amides is 1. The van der Waals surface area contributed by atoms with Gasteiger partial charge in [-0.3, -0.25) is 9.78 Å². The Morgan fingerprint density at radius 2 is 2.12 bits per heavy atom. The Morgan fingerprint density at radius 3 is 2.81 bits per heavy atom. The first-order chi connectivity index (χ1) is 12.6. The molecule has 1 atom stereocenters. The van der Waals surface area contributed by atoms with Crippen LogP contribution in [0, 0.1) is 5.92 Å². The van der Waals surface area contributed by atoms with Crippen LogP contribution in [0.5, 0.6) is 0 Å². The van der Waals surface area contributed by atoms with E-state index in [1.165, 1.54) is 31.0 Å². The van der Waals surface area contributed by atoms with Crippen LogP contribution in [-0.2, 0) is 11.3 Å². The number of nitrogens with zero attached hydrogens (tertiary/aromatic N) is 3. The van der Waals surface area contributed by atoms with Gasteiger partial charge in [-0.1, -0.05) is 50.9 Å². The third kappa shape index (κ3) is 5.06. The van der Waals surface area contributed by atoms with E-state index in [1.807, 2.05) is 26.0 Å². The van der Waals surface area contributed by atoms with E-state index in [2.05, 4.69) is 20.5 Å². The van der Waals surface area contributed by atoms with Gasteiger partial charge in [0.25, 0.3) is 5.22 Å². The first-order valence-electron chi connectivity index (χ1n) is 9.30. The zero-order valence-corrected chi connectivity index (χ0v) is 16.2. The summed E-state index contributed by atoms with van der Waals surface area (Å²) in [5.74, 6) is 1.23. The first kappa shape index (κ1) is 18.9. The van der Waals surface area contributed by atoms with Crippen molar-refractivity contribution in [3.63, 3.8) is 0 Å². The second kappa shape index (κ2) is 9.16. The van der Waals surface area contributed by atoms with Gasteiger partial charge in [-0.25, -0.2) is 0 Å². The Morgan fingerprint density at radius 1 is 1.31 bits per heavy atom. The molecule has 0 radical (unpaired) electrons. The number of nitrogens with one attached hydrogen (secondary N) is 1. The summed E-state index contributed by atoms with van der Waals surface area (Å²) in [5, 5.41) is 11.6. The third-order valence-corrected chi connectivity index (χ3v) is 6.04. The Labute approximate surface area is 158 Å². The van der Waals surface area contributed by atoms with Gasteiger partial charge < -0.3 is 9.73 Å². The summed E-state index contributed by atoms with van der Waals surface area (Å²) in [6.45, 7) is 4.52. The minimum absolute atomic E-state index is 0.0220. The van der Waals surface area contributed by atoms with Gasteiger partial charge in [0.15, 0.2) is 0 Å². The van der Waals surface area contributed by atoms with E-state index in [1.54, 1.807) is 12.4 Å². The summed E-state index contributed by atoms with van der Waals surface area (Å²) < 4.78 is 5.87. The molecule has 0 unspecified atom stereocenters. The summed E-state index contributed by atoms with van der Waals surface area (Å²) in [6, 6.07) is 3.81. The lowest BCUT2D eigenvalue weighted by Crippen LogP contribution is -2.35. The topological polar surface area (TPSA) is 80.9 Å². The standard InChI is InChI=1S/C19H26N4O2S/c1-13(2)16(17(24)21-12-14-7-6-10-20-11-14)26-19-23-22-18(25-19)15-8-4-3-5-9-15/h6-7,10-11,13,15-16H,3-5,8-9,12H2,1-2H3,(H,21,24)/t16-/m1/s1. The van der Waals surface area contributed by atoms with Crippen LogP contribution in [0.3, 0.4) is 0 Å². The fourth-order valence-electron chi connectivity index (χ4n) is 3.18. The minimum atomic E-state index is -0.272. The third-order valence-electron chi connectivity index (χ3n) is 4.66. The first-order valence-corrected chi connectivity index (χ1v) is 10.2. The normalized spacial score (nSPS) is 16.6. The molecular formula is C19H26N4O2S. The van der Waals surface area contributed by atoms with Crippen molar-refractivity contribution >= 4 is 17.7 Å². The number of thioether (sulfide) groups is 1. The second-order valence-electron chi connectivity index (χ2n) is 7.10. The lowest BCUT2D eigenvalue weighted by molar-refractivity contribution is -0.121. The highest BCUT2D eigenvalue weighted by atomic mass is 32.2. The van der Waals surface area contributed by atoms with Gasteiger partial charge in [-0.2, -0.15) is 0 Å². The molecule has 1 N–H and O–H groups in total. The van der Waals surface area contributed by atoms with Crippen LogP contribution in [-0.4, -0.2) is 26.3 Å². The molecule has 1 amide bonds. The maximum Gasteiger partial charge on any atom is 0.277 e. The summed E-state index contributed by atoms with van der Waals surface area (Å²) in [7, 11) is 0. The molecule has 2 aromatic heterocycles. The molecule has 0 aliphatic heterocycles. The zero-order chi connectivity index (χ0) is 18.4. The summed E-state index contributed by atoms with van der Waals surface area (Å²) in [6.07, 6.45) is 9.45. The Bertz CT molecular complexity index is 699. The van der Waals surface area contributed by atoms with E-state index in [-0.39, 0.29) is 17.1 Å². The monoisotopic (exact) mass is 374 g/mol. The maximum absolute atomic E-state index is 12.6. The highest BCUT2D eigenvalue weighted by Gasteiger charge is 2.27. The van der Waals surface area contributed by atoms with Crippen molar-refractivity contribution in [2.24, 2.45) is 5.92 Å². The summed E-state index contributed by atoms with van der Waals surface area (Å²) in [5.41, 5.74) is 0.978. The minimum Gasteiger partial charge on any atom is -0.416 e. The van der Waals surface area contributed by atoms with E-state index < -0.39 is 0 Å². The van der Waals surface area contributed by atoms with Gasteiger partial charge in [0.1, 0.15) is 0 Å². The molecule has 6 nitrogen and oxygen atoms in total. The van der Waals surface area contributed by atoms with Crippen molar-refractivity contribution < 1.29 is 9.21 Å². The highest BCUT2D eigenvalue weighted by molar-refractivity contribution is 8.00. The average molecular weight is 375 g/mol. The van der Waals surface area contributed by atoms with Gasteiger partial charge in [0.2, 0.25) is 11.8 Å². The van der Waals surface area contributed by atoms with Crippen LogP contribution in [0.25, 0.3) is 0 Å². The Kier molecular flexibility index (Phi) is 6.66. The zero-order valence-electron chi connectivity index (χ0n) is 15.4. The lowest BCUT2D eigenvalue weighted by atomic mass is 9.89. The molecule has 1 aliphatic rings. The van der Waals surface area contributed by atoms with Crippen molar-refractivity contribution in [3.8, 4) is 0 Å². The highest BCUT2D eigenvalue weighted by Crippen LogP contribution is 2.34. The van der Waals surface area contributed by atoms with Crippen LogP contribution >= 0.6 is 11.8 Å². The number of hydrogen-bond donors (Lipinski definition) is 1. The fraction of sp³-hybridized carbons (Fsp3) is 0.579. The second-order valence-corrected chi connectivity index (χ2v) is 8.20. The molecule has 140 valence electrons. The largest absolute Gasteiger partial charge is 0.416 e. The maximum atomic E-state index is 12.6. The van der Waals surface area contributed by atoms with Crippen molar-refractivity contribution in [2.75, 3.05) is 0 Å². The van der Waals surface area contributed by atoms with Gasteiger partial charge in [0.05, 0.1) is 5.25 Å². The predicted molar refractivity (Wildman–Crippen MR) is 101 cm³/mol.